The summed E-state index contributed by atoms with van der Waals surface area (Å²) in [6, 6.07) is 37.6. The summed E-state index contributed by atoms with van der Waals surface area (Å²) in [6.07, 6.45) is 15.2. The molecule has 0 aromatic heterocycles. The fourth-order valence-corrected chi connectivity index (χ4v) is 8.99. The van der Waals surface area contributed by atoms with Crippen LogP contribution >= 0.6 is 17.3 Å². The van der Waals surface area contributed by atoms with Crippen molar-refractivity contribution < 1.29 is 9.36 Å². The van der Waals surface area contributed by atoms with E-state index in [2.05, 4.69) is 191 Å². The van der Waals surface area contributed by atoms with Gasteiger partial charge in [0.15, 0.2) is 0 Å². The van der Waals surface area contributed by atoms with E-state index in [0.29, 0.717) is 12.2 Å². The minimum absolute atomic E-state index is 0.0285. The predicted octanol–water partition coefficient (Wildman–Crippen LogP) is 13.9. The Morgan fingerprint density at radius 1 is 0.657 bits per heavy atom. The second-order valence-corrected chi connectivity index (χ2v) is 18.3. The molecule has 0 fully saturated rings. The van der Waals surface area contributed by atoms with Crippen molar-refractivity contribution in [1.29, 1.82) is 0 Å². The third-order valence-electron chi connectivity index (χ3n) is 12.2. The molecule has 6 rings (SSSR count). The molecule has 70 heavy (non-hydrogen) atoms. The van der Waals surface area contributed by atoms with Crippen molar-refractivity contribution in [3.05, 3.63) is 233 Å². The van der Waals surface area contributed by atoms with Gasteiger partial charge in [0.25, 0.3) is 5.91 Å². The molecule has 0 saturated heterocycles. The Balaban J connectivity index is 0.000000955. The highest BCUT2D eigenvalue weighted by Crippen LogP contribution is 2.41. The fraction of sp³-hybridized carbons (Fsp3) is 0.246. The highest BCUT2D eigenvalue weighted by Gasteiger charge is 2.23. The van der Waals surface area contributed by atoms with Gasteiger partial charge in [0.1, 0.15) is 9.12 Å². The summed E-state index contributed by atoms with van der Waals surface area (Å²) >= 11 is 0. The Hall–Kier alpha value is -6.62. The summed E-state index contributed by atoms with van der Waals surface area (Å²) in [5.41, 5.74) is 17.4. The maximum absolute atomic E-state index is 13.3. The number of nitrogens with one attached hydrogen (secondary N) is 5. The van der Waals surface area contributed by atoms with E-state index in [1.54, 1.807) is 9.12 Å². The zero-order chi connectivity index (χ0) is 51.0. The van der Waals surface area contributed by atoms with Crippen molar-refractivity contribution in [2.45, 2.75) is 72.6 Å². The number of anilines is 2. The third-order valence-corrected chi connectivity index (χ3v) is 12.8. The molecule has 9 heteroatoms. The Morgan fingerprint density at radius 2 is 1.24 bits per heavy atom. The lowest BCUT2D eigenvalue weighted by Gasteiger charge is -2.25. The normalized spacial score (nSPS) is 11.9. The number of amides is 1. The summed E-state index contributed by atoms with van der Waals surface area (Å²) in [5, 5.41) is 18.0. The Morgan fingerprint density at radius 3 is 1.83 bits per heavy atom. The van der Waals surface area contributed by atoms with Crippen LogP contribution in [-0.2, 0) is 15.8 Å². The minimum Gasteiger partial charge on any atom is -0.384 e. The number of benzene rings is 5. The van der Waals surface area contributed by atoms with Crippen LogP contribution in [0.3, 0.4) is 0 Å². The van der Waals surface area contributed by atoms with E-state index >= 15 is 0 Å². The average Bonchev–Trinajstić information content (AvgIpc) is 3.37. The van der Waals surface area contributed by atoms with Crippen molar-refractivity contribution >= 4 is 57.4 Å². The van der Waals surface area contributed by atoms with Gasteiger partial charge in [-0.05, 0) is 153 Å². The van der Waals surface area contributed by atoms with Gasteiger partial charge in [-0.1, -0.05) is 169 Å². The first-order valence-electron chi connectivity index (χ1n) is 23.9. The second-order valence-electron chi connectivity index (χ2n) is 17.5. The van der Waals surface area contributed by atoms with Crippen molar-refractivity contribution in [3.8, 4) is 0 Å². The minimum atomic E-state index is -0.243. The summed E-state index contributed by atoms with van der Waals surface area (Å²) in [7, 11) is 2.82. The van der Waals surface area contributed by atoms with E-state index in [4.69, 9.17) is 4.57 Å². The van der Waals surface area contributed by atoms with Crippen molar-refractivity contribution in [1.82, 2.24) is 16.0 Å². The molecule has 5 aromatic rings. The third kappa shape index (κ3) is 16.8. The summed E-state index contributed by atoms with van der Waals surface area (Å²) < 4.78 is 8.06. The molecule has 1 aliphatic carbocycles. The Kier molecular flexibility index (Phi) is 23.5. The van der Waals surface area contributed by atoms with Gasteiger partial charge >= 0.3 is 0 Å². The van der Waals surface area contributed by atoms with Crippen LogP contribution in [0.2, 0.25) is 0 Å². The maximum Gasteiger partial charge on any atom is 0.271 e. The molecule has 0 heterocycles. The molecule has 0 radical (unpaired) electrons. The van der Waals surface area contributed by atoms with E-state index in [1.807, 2.05) is 37.3 Å². The van der Waals surface area contributed by atoms with Gasteiger partial charge in [-0.2, -0.15) is 0 Å². The number of rotatable bonds is 23. The van der Waals surface area contributed by atoms with Gasteiger partial charge in [-0.25, -0.2) is 0 Å². The van der Waals surface area contributed by atoms with Crippen LogP contribution in [-0.4, -0.2) is 38.4 Å². The van der Waals surface area contributed by atoms with Gasteiger partial charge < -0.3 is 26.6 Å². The highest BCUT2D eigenvalue weighted by molar-refractivity contribution is 7.45. The zero-order valence-corrected chi connectivity index (χ0v) is 44.0. The molecule has 0 spiro atoms. The van der Waals surface area contributed by atoms with Crippen molar-refractivity contribution in [2.75, 3.05) is 36.8 Å². The van der Waals surface area contributed by atoms with Crippen molar-refractivity contribution in [2.24, 2.45) is 0 Å². The largest absolute Gasteiger partial charge is 0.384 e. The van der Waals surface area contributed by atoms with Crippen LogP contribution in [0, 0.1) is 34.6 Å². The van der Waals surface area contributed by atoms with Crippen LogP contribution in [0.25, 0.3) is 11.1 Å². The SMILES string of the molecule is C=C(NCCCNCCCNC(=C)C(=O)Nc1cc(C(=C)C(C2=CCCC=C2)c2ccccc2)c(C)cc1C)C(=C)Nc1c(C)cc(C)c(C(=C)Cc2ccccc2)c1C.C=Pc1ccccc1.O=P. The molecule has 5 aromatic carbocycles. The molecule has 1 amide bonds. The average molecular weight is 970 g/mol. The molecule has 5 N–H and O–H groups in total. The molecule has 1 aliphatic rings. The molecular formula is C61H73N5O2P2. The van der Waals surface area contributed by atoms with Gasteiger partial charge in [0.05, 0.1) is 11.4 Å². The molecular weight excluding hydrogens is 897 g/mol. The number of carbonyl (C=O) groups excluding carboxylic acids is 1. The first-order valence-corrected chi connectivity index (χ1v) is 25.4. The second kappa shape index (κ2) is 29.4. The van der Waals surface area contributed by atoms with Crippen LogP contribution in [0.4, 0.5) is 11.4 Å². The first-order chi connectivity index (χ1) is 33.8. The topological polar surface area (TPSA) is 94.3 Å². The molecule has 1 atom stereocenters. The Labute approximate surface area is 423 Å². The van der Waals surface area contributed by atoms with Gasteiger partial charge in [-0.3, -0.25) is 9.36 Å². The first kappa shape index (κ1) is 56.0. The number of carbonyl (C=O) groups is 1. The van der Waals surface area contributed by atoms with E-state index in [9.17, 15) is 4.79 Å². The number of hydrogen-bond donors (Lipinski definition) is 5. The molecule has 0 saturated carbocycles. The van der Waals surface area contributed by atoms with Crippen LogP contribution in [0.5, 0.6) is 0 Å². The molecule has 1 unspecified atom stereocenters. The van der Waals surface area contributed by atoms with E-state index < -0.39 is 0 Å². The number of aryl methyl sites for hydroxylation is 4. The van der Waals surface area contributed by atoms with Gasteiger partial charge in [0.2, 0.25) is 0 Å². The molecule has 364 valence electrons. The summed E-state index contributed by atoms with van der Waals surface area (Å²) in [6.45, 7) is 35.3. The predicted molar refractivity (Wildman–Crippen MR) is 307 cm³/mol. The molecule has 0 aliphatic heterocycles. The standard InChI is InChI=1S/C54H65N5O.C7H7P.HOP/c1-36-32-37(2)50(35-49(36)41(6)52(47-24-16-12-17-25-47)48-26-18-13-19-27-48)59-54(60)45(10)57-31-21-29-55-28-20-30-56-43(8)44(9)58-53-40(5)33-38(3)51(42(53)7)39(4)34-46-22-14-11-15-23-46;1-8-7-5-3-2-4-6-7;1-2/h11-12,14-18,22-27,32-33,35,52,55-58H,4,6,8-10,13,19-21,28-31,34H2,1-3,5,7H3,(H,59,60);2-6H,1H2;2H. The monoisotopic (exact) mass is 970 g/mol. The number of hydrogen-bond acceptors (Lipinski definition) is 6. The lowest BCUT2D eigenvalue weighted by molar-refractivity contribution is -0.113. The van der Waals surface area contributed by atoms with E-state index in [0.717, 1.165) is 116 Å². The van der Waals surface area contributed by atoms with Crippen molar-refractivity contribution in [3.63, 3.8) is 0 Å². The fourth-order valence-electron chi connectivity index (χ4n) is 8.60. The molecule has 0 bridgehead atoms. The van der Waals surface area contributed by atoms with Gasteiger partial charge in [0, 0.05) is 41.4 Å². The van der Waals surface area contributed by atoms with E-state index in [1.165, 1.54) is 38.7 Å². The smallest absolute Gasteiger partial charge is 0.271 e. The lowest BCUT2D eigenvalue weighted by Crippen LogP contribution is -2.28. The van der Waals surface area contributed by atoms with Crippen LogP contribution in [0.1, 0.15) is 81.7 Å². The molecule has 7 nitrogen and oxygen atoms in total. The number of allylic oxidation sites excluding steroid dienone is 6. The Bertz CT molecular complexity index is 2670. The van der Waals surface area contributed by atoms with Crippen LogP contribution < -0.4 is 31.9 Å². The quantitative estimate of drug-likeness (QED) is 0.0194. The lowest BCUT2D eigenvalue weighted by atomic mass is 9.79. The highest BCUT2D eigenvalue weighted by atomic mass is 31.1. The van der Waals surface area contributed by atoms with Gasteiger partial charge in [-0.15, -0.1) is 0 Å². The summed E-state index contributed by atoms with van der Waals surface area (Å²) in [5.74, 6) is -0.214. The zero-order valence-electron chi connectivity index (χ0n) is 42.1. The van der Waals surface area contributed by atoms with Crippen LogP contribution in [0.15, 0.2) is 183 Å². The summed E-state index contributed by atoms with van der Waals surface area (Å²) in [4.78, 5) is 13.3. The maximum atomic E-state index is 13.3. The van der Waals surface area contributed by atoms with E-state index in [-0.39, 0.29) is 11.8 Å².